The van der Waals surface area contributed by atoms with Gasteiger partial charge in [0.1, 0.15) is 0 Å². The van der Waals surface area contributed by atoms with Crippen LogP contribution in [0, 0.1) is 0 Å². The monoisotopic (exact) mass is 424 g/mol. The van der Waals surface area contributed by atoms with Crippen molar-refractivity contribution in [3.8, 4) is 0 Å². The second kappa shape index (κ2) is 13.2. The van der Waals surface area contributed by atoms with Crippen LogP contribution in [0.15, 0.2) is 53.4 Å². The molecule has 7 heteroatoms. The summed E-state index contributed by atoms with van der Waals surface area (Å²) in [7, 11) is -0.357. The highest BCUT2D eigenvalue weighted by atomic mass is 32.2. The molecule has 29 heavy (non-hydrogen) atoms. The largest absolute Gasteiger partial charge is 0.388 e. The maximum absolute atomic E-state index is 12.7. The molecule has 0 aromatic heterocycles. The van der Waals surface area contributed by atoms with Gasteiger partial charge < -0.3 is 14.4 Å². The molecule has 2 aromatic carbocycles. The number of hydrogen-bond acceptors (Lipinski definition) is 5. The number of aryl methyl sites for hydroxylation is 1. The zero-order chi connectivity index (χ0) is 21.7. The molecule has 3 rings (SSSR count). The number of anilines is 2. The predicted octanol–water partition coefficient (Wildman–Crippen LogP) is 4.42. The van der Waals surface area contributed by atoms with Crippen LogP contribution in [0.25, 0.3) is 0 Å². The summed E-state index contributed by atoms with van der Waals surface area (Å²) in [6.07, 6.45) is 0.883. The van der Waals surface area contributed by atoms with E-state index in [1.165, 1.54) is 0 Å². The van der Waals surface area contributed by atoms with Crippen molar-refractivity contribution in [3.05, 3.63) is 54.1 Å². The molecule has 0 aliphatic carbocycles. The quantitative estimate of drug-likeness (QED) is 0.769. The fraction of sp³-hybridized carbons (Fsp3) is 0.455. The van der Waals surface area contributed by atoms with Crippen molar-refractivity contribution in [1.82, 2.24) is 0 Å². The number of morpholine rings is 1. The zero-order valence-electron chi connectivity index (χ0n) is 18.1. The van der Waals surface area contributed by atoms with Gasteiger partial charge in [-0.2, -0.15) is 0 Å². The minimum Gasteiger partial charge on any atom is -0.388 e. The first kappa shape index (κ1) is 24.9. The molecule has 0 amide bonds. The summed E-state index contributed by atoms with van der Waals surface area (Å²) in [5, 5.41) is 0. The smallest absolute Gasteiger partial charge is 0.261 e. The highest BCUT2D eigenvalue weighted by Gasteiger charge is 2.19. The molecule has 1 aliphatic heterocycles. The lowest BCUT2D eigenvalue weighted by atomic mass is 10.2. The molecule has 1 heterocycles. The van der Waals surface area contributed by atoms with Gasteiger partial charge in [-0.3, -0.25) is 4.72 Å². The third kappa shape index (κ3) is 7.68. The number of sulfonamides is 1. The number of ether oxygens (including phenoxy) is 2. The molecule has 0 atom stereocenters. The Balaban J connectivity index is 0.00000129. The van der Waals surface area contributed by atoms with Gasteiger partial charge in [0.25, 0.3) is 10.0 Å². The third-order valence-corrected chi connectivity index (χ3v) is 5.52. The Morgan fingerprint density at radius 3 is 2.14 bits per heavy atom. The van der Waals surface area contributed by atoms with Crippen LogP contribution in [0.5, 0.6) is 0 Å². The normalized spacial score (nSPS) is 13.5. The van der Waals surface area contributed by atoms with E-state index in [2.05, 4.69) is 14.4 Å². The molecular weight excluding hydrogens is 388 g/mol. The fourth-order valence-corrected chi connectivity index (χ4v) is 3.82. The second-order valence-corrected chi connectivity index (χ2v) is 7.81. The molecule has 2 aromatic rings. The molecule has 6 nitrogen and oxygen atoms in total. The highest BCUT2D eigenvalue weighted by Crippen LogP contribution is 2.28. The number of nitrogens with zero attached hydrogens (tertiary/aromatic N) is 1. The minimum absolute atomic E-state index is 0. The average molecular weight is 425 g/mol. The number of nitrogens with one attached hydrogen (secondary N) is 1. The summed E-state index contributed by atoms with van der Waals surface area (Å²) < 4.78 is 37.7. The van der Waals surface area contributed by atoms with Crippen LogP contribution in [0.3, 0.4) is 0 Å². The molecular formula is C22H36N2O4S. The van der Waals surface area contributed by atoms with E-state index in [0.717, 1.165) is 30.8 Å². The van der Waals surface area contributed by atoms with Crippen molar-refractivity contribution in [3.63, 3.8) is 0 Å². The van der Waals surface area contributed by atoms with Gasteiger partial charge in [-0.1, -0.05) is 45.0 Å². The van der Waals surface area contributed by atoms with E-state index >= 15 is 0 Å². The van der Waals surface area contributed by atoms with Gasteiger partial charge in [-0.25, -0.2) is 8.42 Å². The Labute approximate surface area is 177 Å². The molecule has 1 aliphatic rings. The molecule has 0 spiro atoms. The van der Waals surface area contributed by atoms with Gasteiger partial charge in [0.05, 0.1) is 29.5 Å². The Kier molecular flexibility index (Phi) is 11.3. The van der Waals surface area contributed by atoms with Crippen molar-refractivity contribution < 1.29 is 19.3 Å². The maximum atomic E-state index is 12.7. The molecule has 1 saturated heterocycles. The van der Waals surface area contributed by atoms with Crippen LogP contribution in [0.2, 0.25) is 0 Å². The molecule has 1 fully saturated rings. The van der Waals surface area contributed by atoms with Crippen molar-refractivity contribution in [2.24, 2.45) is 0 Å². The highest BCUT2D eigenvalue weighted by molar-refractivity contribution is 7.92. The number of methoxy groups -OCH3 is 1. The van der Waals surface area contributed by atoms with Gasteiger partial charge in [0.2, 0.25) is 0 Å². The summed E-state index contributed by atoms with van der Waals surface area (Å²) in [4.78, 5) is 2.41. The van der Waals surface area contributed by atoms with Crippen molar-refractivity contribution in [1.29, 1.82) is 0 Å². The van der Waals surface area contributed by atoms with E-state index in [0.29, 0.717) is 18.9 Å². The fourth-order valence-electron chi connectivity index (χ4n) is 2.75. The number of rotatable bonds is 5. The Morgan fingerprint density at radius 2 is 1.59 bits per heavy atom. The lowest BCUT2D eigenvalue weighted by Crippen LogP contribution is -2.36. The van der Waals surface area contributed by atoms with Crippen LogP contribution in [-0.2, 0) is 25.9 Å². The van der Waals surface area contributed by atoms with Crippen molar-refractivity contribution >= 4 is 21.4 Å². The SMILES string of the molecule is CC.CCc1ccc(S(=O)(=O)Nc2ccccc2N2CCOCC2)cc1.COC.[HH]. The van der Waals surface area contributed by atoms with Gasteiger partial charge in [0, 0.05) is 28.7 Å². The summed E-state index contributed by atoms with van der Waals surface area (Å²) in [6.45, 7) is 8.85. The summed E-state index contributed by atoms with van der Waals surface area (Å²) >= 11 is 0. The van der Waals surface area contributed by atoms with E-state index in [1.54, 1.807) is 32.4 Å². The summed E-state index contributed by atoms with van der Waals surface area (Å²) in [6, 6.07) is 14.5. The van der Waals surface area contributed by atoms with Crippen LogP contribution >= 0.6 is 0 Å². The van der Waals surface area contributed by atoms with Gasteiger partial charge in [-0.05, 0) is 36.2 Å². The van der Waals surface area contributed by atoms with Crippen molar-refractivity contribution in [2.45, 2.75) is 32.1 Å². The first-order valence-electron chi connectivity index (χ1n) is 9.95. The summed E-state index contributed by atoms with van der Waals surface area (Å²) in [5.74, 6) is 0. The number of benzene rings is 2. The van der Waals surface area contributed by atoms with E-state index in [9.17, 15) is 8.42 Å². The van der Waals surface area contributed by atoms with E-state index in [4.69, 9.17) is 4.74 Å². The zero-order valence-corrected chi connectivity index (χ0v) is 19.0. The molecule has 0 radical (unpaired) electrons. The standard InChI is InChI=1S/C18H22N2O3S.C2H6O.C2H6.H2/c1-2-15-7-9-16(10-8-15)24(21,22)19-17-5-3-4-6-18(17)20-11-13-23-14-12-20;1-3-2;1-2;/h3-10,19H,2,11-14H2,1H3;1-2H3;1-2H3;1H. The second-order valence-electron chi connectivity index (χ2n) is 6.13. The minimum atomic E-state index is -3.61. The Hall–Kier alpha value is -2.09. The van der Waals surface area contributed by atoms with Gasteiger partial charge in [0.15, 0.2) is 0 Å². The average Bonchev–Trinajstić information content (AvgIpc) is 2.76. The topological polar surface area (TPSA) is 67.9 Å². The Bertz CT molecular complexity index is 808. The molecule has 0 saturated carbocycles. The molecule has 0 unspecified atom stereocenters. The van der Waals surface area contributed by atoms with E-state index in [-0.39, 0.29) is 6.32 Å². The Morgan fingerprint density at radius 1 is 1.03 bits per heavy atom. The van der Waals surface area contributed by atoms with Gasteiger partial charge >= 0.3 is 0 Å². The maximum Gasteiger partial charge on any atom is 0.261 e. The lowest BCUT2D eigenvalue weighted by molar-refractivity contribution is 0.123. The first-order valence-corrected chi connectivity index (χ1v) is 11.4. The number of hydrogen-bond donors (Lipinski definition) is 1. The van der Waals surface area contributed by atoms with Crippen LogP contribution in [0.1, 0.15) is 27.8 Å². The first-order chi connectivity index (χ1) is 14.0. The lowest BCUT2D eigenvalue weighted by Gasteiger charge is -2.30. The molecule has 164 valence electrons. The van der Waals surface area contributed by atoms with Crippen molar-refractivity contribution in [2.75, 3.05) is 50.1 Å². The predicted molar refractivity (Wildman–Crippen MR) is 122 cm³/mol. The van der Waals surface area contributed by atoms with Gasteiger partial charge in [-0.15, -0.1) is 0 Å². The van der Waals surface area contributed by atoms with Crippen LogP contribution in [-0.4, -0.2) is 48.9 Å². The number of para-hydroxylation sites is 2. The van der Waals surface area contributed by atoms with E-state index < -0.39 is 10.0 Å². The third-order valence-electron chi connectivity index (χ3n) is 4.14. The molecule has 0 bridgehead atoms. The van der Waals surface area contributed by atoms with Crippen LogP contribution in [0.4, 0.5) is 11.4 Å². The summed E-state index contributed by atoms with van der Waals surface area (Å²) in [5.41, 5.74) is 2.59. The van der Waals surface area contributed by atoms with E-state index in [1.807, 2.05) is 51.1 Å². The van der Waals surface area contributed by atoms with Crippen LogP contribution < -0.4 is 9.62 Å². The molecule has 1 N–H and O–H groups in total.